The molecule has 4 N–H and O–H groups in total. The Bertz CT molecular complexity index is 1270. The zero-order valence-electron chi connectivity index (χ0n) is 19.1. The number of fused-ring (bicyclic) bond motifs is 1. The maximum absolute atomic E-state index is 4.69. The topological polar surface area (TPSA) is 107 Å². The van der Waals surface area contributed by atoms with Gasteiger partial charge in [-0.1, -0.05) is 6.07 Å². The number of pyridine rings is 1. The molecule has 1 aromatic carbocycles. The Balaban J connectivity index is 1.17. The number of aromatic amines is 1. The van der Waals surface area contributed by atoms with Crippen LogP contribution in [0.2, 0.25) is 0 Å². The second-order valence-corrected chi connectivity index (χ2v) is 9.13. The van der Waals surface area contributed by atoms with E-state index >= 15 is 0 Å². The molecule has 9 heteroatoms. The molecule has 34 heavy (non-hydrogen) atoms. The number of hydrogen-bond acceptors (Lipinski definition) is 8. The summed E-state index contributed by atoms with van der Waals surface area (Å²) in [5.41, 5.74) is 5.00. The number of anilines is 3. The molecule has 1 saturated carbocycles. The molecule has 9 nitrogen and oxygen atoms in total. The number of hydrogen-bond donors (Lipinski definition) is 4. The van der Waals surface area contributed by atoms with Gasteiger partial charge in [0.15, 0.2) is 0 Å². The maximum atomic E-state index is 4.69. The second-order valence-electron chi connectivity index (χ2n) is 9.13. The van der Waals surface area contributed by atoms with E-state index in [0.717, 1.165) is 79.1 Å². The van der Waals surface area contributed by atoms with Gasteiger partial charge in [-0.3, -0.25) is 4.90 Å². The molecule has 174 valence electrons. The van der Waals surface area contributed by atoms with Crippen LogP contribution in [0.25, 0.3) is 22.3 Å². The third-order valence-electron chi connectivity index (χ3n) is 6.40. The monoisotopic (exact) mass is 455 g/mol. The molecule has 0 atom stereocenters. The van der Waals surface area contributed by atoms with Gasteiger partial charge in [-0.15, -0.1) is 0 Å². The summed E-state index contributed by atoms with van der Waals surface area (Å²) >= 11 is 0. The molecule has 0 bridgehead atoms. The van der Waals surface area contributed by atoms with Gasteiger partial charge < -0.3 is 20.9 Å². The summed E-state index contributed by atoms with van der Waals surface area (Å²) in [6, 6.07) is 12.3. The van der Waals surface area contributed by atoms with Crippen molar-refractivity contribution in [2.24, 2.45) is 5.92 Å². The standard InChI is InChI=1S/C25H29N9/c1-2-17(1)14-28-23-13-21(29-16-30-23)19-3-4-20-22(12-19)32-25(31-20)33-24-11-18(5-6-27-24)15-34-9-7-26-8-10-34/h3-6,11-13,16-17,26H,1-2,7-10,14-15H2,(H,28,29,30)(H2,27,31,32,33). The van der Waals surface area contributed by atoms with Crippen LogP contribution in [0.15, 0.2) is 48.9 Å². The summed E-state index contributed by atoms with van der Waals surface area (Å²) in [5.74, 6) is 3.13. The Kier molecular flexibility index (Phi) is 5.78. The van der Waals surface area contributed by atoms with E-state index in [4.69, 9.17) is 4.98 Å². The number of H-pyrrole nitrogens is 1. The van der Waals surface area contributed by atoms with Crippen LogP contribution >= 0.6 is 0 Å². The van der Waals surface area contributed by atoms with E-state index in [-0.39, 0.29) is 0 Å². The highest BCUT2D eigenvalue weighted by Crippen LogP contribution is 2.29. The molecule has 0 radical (unpaired) electrons. The highest BCUT2D eigenvalue weighted by Gasteiger charge is 2.20. The van der Waals surface area contributed by atoms with Gasteiger partial charge >= 0.3 is 0 Å². The lowest BCUT2D eigenvalue weighted by Crippen LogP contribution is -2.42. The lowest BCUT2D eigenvalue weighted by atomic mass is 10.1. The average Bonchev–Trinajstić information content (AvgIpc) is 3.61. The van der Waals surface area contributed by atoms with E-state index in [2.05, 4.69) is 59.0 Å². The second kappa shape index (κ2) is 9.36. The van der Waals surface area contributed by atoms with Crippen molar-refractivity contribution in [2.75, 3.05) is 43.4 Å². The number of piperazine rings is 1. The normalized spacial score (nSPS) is 16.6. The van der Waals surface area contributed by atoms with Gasteiger partial charge in [0, 0.05) is 57.1 Å². The van der Waals surface area contributed by atoms with Crippen LogP contribution in [-0.2, 0) is 6.54 Å². The van der Waals surface area contributed by atoms with E-state index in [0.29, 0.717) is 5.95 Å². The van der Waals surface area contributed by atoms with Crippen LogP contribution < -0.4 is 16.0 Å². The fourth-order valence-electron chi connectivity index (χ4n) is 4.30. The summed E-state index contributed by atoms with van der Waals surface area (Å²) in [6.45, 7) is 6.14. The van der Waals surface area contributed by atoms with Crippen molar-refractivity contribution in [2.45, 2.75) is 19.4 Å². The minimum Gasteiger partial charge on any atom is -0.370 e. The first kappa shape index (κ1) is 21.0. The van der Waals surface area contributed by atoms with Crippen LogP contribution in [0, 0.1) is 5.92 Å². The first-order valence-corrected chi connectivity index (χ1v) is 12.0. The molecule has 6 rings (SSSR count). The molecule has 1 aliphatic carbocycles. The Labute approximate surface area is 198 Å². The van der Waals surface area contributed by atoms with Crippen LogP contribution in [0.3, 0.4) is 0 Å². The van der Waals surface area contributed by atoms with Crippen molar-refractivity contribution in [1.82, 2.24) is 35.1 Å². The van der Waals surface area contributed by atoms with Gasteiger partial charge in [0.1, 0.15) is 18.0 Å². The van der Waals surface area contributed by atoms with E-state index in [1.807, 2.05) is 24.4 Å². The fourth-order valence-corrected chi connectivity index (χ4v) is 4.30. The molecular formula is C25H29N9. The van der Waals surface area contributed by atoms with Crippen LogP contribution in [0.1, 0.15) is 18.4 Å². The molecule has 0 unspecified atom stereocenters. The number of imidazole rings is 1. The lowest BCUT2D eigenvalue weighted by Gasteiger charge is -2.27. The molecule has 3 aromatic heterocycles. The number of rotatable bonds is 8. The van der Waals surface area contributed by atoms with E-state index in [1.165, 1.54) is 18.4 Å². The molecule has 4 heterocycles. The lowest BCUT2D eigenvalue weighted by molar-refractivity contribution is 0.233. The average molecular weight is 456 g/mol. The Morgan fingerprint density at radius 3 is 2.76 bits per heavy atom. The smallest absolute Gasteiger partial charge is 0.206 e. The van der Waals surface area contributed by atoms with Gasteiger partial charge in [-0.05, 0) is 48.6 Å². The molecular weight excluding hydrogens is 426 g/mol. The van der Waals surface area contributed by atoms with Gasteiger partial charge in [0.2, 0.25) is 5.95 Å². The number of benzene rings is 1. The van der Waals surface area contributed by atoms with Crippen molar-refractivity contribution in [3.8, 4) is 11.3 Å². The van der Waals surface area contributed by atoms with Crippen molar-refractivity contribution < 1.29 is 0 Å². The van der Waals surface area contributed by atoms with Crippen LogP contribution in [-0.4, -0.2) is 62.5 Å². The third kappa shape index (κ3) is 5.00. The third-order valence-corrected chi connectivity index (χ3v) is 6.40. The first-order chi connectivity index (χ1) is 16.8. The van der Waals surface area contributed by atoms with Crippen LogP contribution in [0.5, 0.6) is 0 Å². The largest absolute Gasteiger partial charge is 0.370 e. The number of nitrogens with one attached hydrogen (secondary N) is 4. The van der Waals surface area contributed by atoms with Gasteiger partial charge in [0.25, 0.3) is 0 Å². The highest BCUT2D eigenvalue weighted by molar-refractivity contribution is 5.83. The summed E-state index contributed by atoms with van der Waals surface area (Å²) in [7, 11) is 0. The summed E-state index contributed by atoms with van der Waals surface area (Å²) in [5, 5.41) is 10.1. The van der Waals surface area contributed by atoms with Crippen molar-refractivity contribution in [3.05, 3.63) is 54.5 Å². The van der Waals surface area contributed by atoms with E-state index in [9.17, 15) is 0 Å². The minimum absolute atomic E-state index is 0.674. The van der Waals surface area contributed by atoms with Crippen molar-refractivity contribution in [3.63, 3.8) is 0 Å². The van der Waals surface area contributed by atoms with Crippen LogP contribution in [0.4, 0.5) is 17.6 Å². The molecule has 2 aliphatic rings. The quantitative estimate of drug-likeness (QED) is 0.320. The predicted molar refractivity (Wildman–Crippen MR) is 134 cm³/mol. The molecule has 0 spiro atoms. The minimum atomic E-state index is 0.674. The number of aromatic nitrogens is 5. The Morgan fingerprint density at radius 2 is 1.88 bits per heavy atom. The van der Waals surface area contributed by atoms with Crippen molar-refractivity contribution in [1.29, 1.82) is 0 Å². The molecule has 1 saturated heterocycles. The number of nitrogens with zero attached hydrogens (tertiary/aromatic N) is 5. The zero-order valence-corrected chi connectivity index (χ0v) is 19.1. The van der Waals surface area contributed by atoms with Crippen molar-refractivity contribution >= 4 is 28.6 Å². The maximum Gasteiger partial charge on any atom is 0.206 e. The molecule has 0 amide bonds. The van der Waals surface area contributed by atoms with Gasteiger partial charge in [0.05, 0.1) is 16.7 Å². The summed E-state index contributed by atoms with van der Waals surface area (Å²) in [6.07, 6.45) is 6.10. The van der Waals surface area contributed by atoms with E-state index < -0.39 is 0 Å². The summed E-state index contributed by atoms with van der Waals surface area (Å²) in [4.78, 5) is 23.8. The molecule has 4 aromatic rings. The Hall–Kier alpha value is -3.56. The predicted octanol–water partition coefficient (Wildman–Crippen LogP) is 3.39. The molecule has 1 aliphatic heterocycles. The highest BCUT2D eigenvalue weighted by atomic mass is 15.2. The van der Waals surface area contributed by atoms with E-state index in [1.54, 1.807) is 6.33 Å². The molecule has 2 fully saturated rings. The Morgan fingerprint density at radius 1 is 0.971 bits per heavy atom. The van der Waals surface area contributed by atoms with Gasteiger partial charge in [-0.25, -0.2) is 19.9 Å². The fraction of sp³-hybridized carbons (Fsp3) is 0.360. The zero-order chi connectivity index (χ0) is 22.7. The first-order valence-electron chi connectivity index (χ1n) is 12.0. The SMILES string of the molecule is c1cc(CN2CCNCC2)cc(Nc2nc3ccc(-c4cc(NCC5CC5)ncn4)cc3[nH]2)n1. The van der Waals surface area contributed by atoms with Gasteiger partial charge in [-0.2, -0.15) is 0 Å². The summed E-state index contributed by atoms with van der Waals surface area (Å²) < 4.78 is 0.